The molecule has 0 radical (unpaired) electrons. The van der Waals surface area contributed by atoms with Crippen LogP contribution in [0.1, 0.15) is 23.7 Å². The molecule has 28 heavy (non-hydrogen) atoms. The first-order valence-corrected chi connectivity index (χ1v) is 10.0. The molecular formula is C21H21BrN4O2. The topological polar surface area (TPSA) is 79.2 Å². The number of nitrogens with one attached hydrogen (secondary N) is 3. The summed E-state index contributed by atoms with van der Waals surface area (Å²) >= 11 is 3.44. The second kappa shape index (κ2) is 8.68. The molecule has 1 amide bonds. The summed E-state index contributed by atoms with van der Waals surface area (Å²) in [6.45, 7) is 0.515. The van der Waals surface area contributed by atoms with E-state index in [0.717, 1.165) is 21.3 Å². The number of amides is 1. The Morgan fingerprint density at radius 3 is 2.71 bits per heavy atom. The quantitative estimate of drug-likeness (QED) is 0.547. The van der Waals surface area contributed by atoms with E-state index in [0.29, 0.717) is 25.3 Å². The van der Waals surface area contributed by atoms with Gasteiger partial charge in [-0.05, 0) is 36.2 Å². The molecule has 0 bridgehead atoms. The molecule has 3 N–H and O–H groups in total. The van der Waals surface area contributed by atoms with E-state index < -0.39 is 0 Å². The third kappa shape index (κ3) is 4.49. The van der Waals surface area contributed by atoms with Crippen LogP contribution in [0.5, 0.6) is 0 Å². The Morgan fingerprint density at radius 2 is 1.93 bits per heavy atom. The fraction of sp³-hybridized carbons (Fsp3) is 0.238. The molecule has 144 valence electrons. The third-order valence-corrected chi connectivity index (χ3v) is 5.27. The Hall–Kier alpha value is -2.48. The normalized spacial score (nSPS) is 18.9. The van der Waals surface area contributed by atoms with Gasteiger partial charge in [0.25, 0.3) is 0 Å². The predicted octanol–water partition coefficient (Wildman–Crippen LogP) is 3.37. The molecule has 0 spiro atoms. The maximum Gasteiger partial charge on any atom is 0.238 e. The van der Waals surface area contributed by atoms with E-state index >= 15 is 0 Å². The van der Waals surface area contributed by atoms with Crippen molar-refractivity contribution in [2.75, 3.05) is 6.54 Å². The van der Waals surface area contributed by atoms with Crippen molar-refractivity contribution in [1.82, 2.24) is 21.2 Å². The molecule has 1 aromatic heterocycles. The van der Waals surface area contributed by atoms with Crippen LogP contribution in [0.2, 0.25) is 0 Å². The number of carbonyl (C=O) groups is 1. The zero-order chi connectivity index (χ0) is 19.3. The molecule has 1 aliphatic rings. The molecule has 0 saturated carbocycles. The minimum Gasteiger partial charge on any atom is -0.444 e. The molecule has 6 nitrogen and oxygen atoms in total. The van der Waals surface area contributed by atoms with E-state index in [1.165, 1.54) is 0 Å². The first-order valence-electron chi connectivity index (χ1n) is 9.23. The molecule has 2 unspecified atom stereocenters. The molecule has 2 atom stereocenters. The van der Waals surface area contributed by atoms with E-state index in [-0.39, 0.29) is 18.0 Å². The van der Waals surface area contributed by atoms with Crippen molar-refractivity contribution >= 4 is 21.8 Å². The Bertz CT molecular complexity index is 927. The number of aromatic nitrogens is 1. The van der Waals surface area contributed by atoms with Crippen molar-refractivity contribution in [2.45, 2.75) is 24.9 Å². The van der Waals surface area contributed by atoms with Crippen molar-refractivity contribution in [3.05, 3.63) is 76.6 Å². The van der Waals surface area contributed by atoms with Crippen molar-refractivity contribution in [1.29, 1.82) is 0 Å². The lowest BCUT2D eigenvalue weighted by Gasteiger charge is -2.10. The van der Waals surface area contributed by atoms with Crippen LogP contribution in [0.15, 0.2) is 69.8 Å². The highest BCUT2D eigenvalue weighted by Crippen LogP contribution is 2.24. The van der Waals surface area contributed by atoms with Crippen LogP contribution in [-0.2, 0) is 11.2 Å². The fourth-order valence-electron chi connectivity index (χ4n) is 3.21. The van der Waals surface area contributed by atoms with Crippen molar-refractivity contribution in [3.63, 3.8) is 0 Å². The number of oxazole rings is 1. The molecule has 7 heteroatoms. The highest BCUT2D eigenvalue weighted by atomic mass is 79.9. The Morgan fingerprint density at radius 1 is 1.14 bits per heavy atom. The minimum absolute atomic E-state index is 0.0149. The molecular weight excluding hydrogens is 420 g/mol. The SMILES string of the molecule is O=C(NCCc1coc(-c2ccccc2)n1)C1CC(c2ccc(Br)cc2)NN1. The van der Waals surface area contributed by atoms with Crippen molar-refractivity contribution in [2.24, 2.45) is 0 Å². The number of halogens is 1. The maximum atomic E-state index is 12.4. The van der Waals surface area contributed by atoms with Crippen LogP contribution in [0.25, 0.3) is 11.5 Å². The van der Waals surface area contributed by atoms with E-state index in [1.807, 2.05) is 42.5 Å². The van der Waals surface area contributed by atoms with E-state index in [4.69, 9.17) is 4.42 Å². The average Bonchev–Trinajstić information content (AvgIpc) is 3.39. The standard InChI is InChI=1S/C21H21BrN4O2/c22-16-8-6-14(7-9-16)18-12-19(26-25-18)20(27)23-11-10-17-13-28-21(24-17)15-4-2-1-3-5-15/h1-9,13,18-19,25-26H,10-12H2,(H,23,27). The summed E-state index contributed by atoms with van der Waals surface area (Å²) in [6.07, 6.45) is 2.97. The molecule has 3 aromatic rings. The van der Waals surface area contributed by atoms with E-state index in [2.05, 4.69) is 49.2 Å². The summed E-state index contributed by atoms with van der Waals surface area (Å²) < 4.78 is 6.57. The van der Waals surface area contributed by atoms with Gasteiger partial charge in [-0.1, -0.05) is 46.3 Å². The molecule has 0 aliphatic carbocycles. The molecule has 1 fully saturated rings. The van der Waals surface area contributed by atoms with Gasteiger partial charge in [-0.15, -0.1) is 0 Å². The largest absolute Gasteiger partial charge is 0.444 e. The maximum absolute atomic E-state index is 12.4. The third-order valence-electron chi connectivity index (χ3n) is 4.74. The van der Waals surface area contributed by atoms with Crippen LogP contribution in [0.4, 0.5) is 0 Å². The fourth-order valence-corrected chi connectivity index (χ4v) is 3.48. The molecule has 1 saturated heterocycles. The van der Waals surface area contributed by atoms with Gasteiger partial charge in [0.05, 0.1) is 5.69 Å². The predicted molar refractivity (Wildman–Crippen MR) is 110 cm³/mol. The highest BCUT2D eigenvalue weighted by molar-refractivity contribution is 9.10. The van der Waals surface area contributed by atoms with Gasteiger partial charge < -0.3 is 9.73 Å². The second-order valence-electron chi connectivity index (χ2n) is 6.73. The average molecular weight is 441 g/mol. The van der Waals surface area contributed by atoms with Crippen LogP contribution in [0, 0.1) is 0 Å². The van der Waals surface area contributed by atoms with Gasteiger partial charge in [-0.25, -0.2) is 15.8 Å². The summed E-state index contributed by atoms with van der Waals surface area (Å²) in [6, 6.07) is 17.7. The monoisotopic (exact) mass is 440 g/mol. The van der Waals surface area contributed by atoms with Gasteiger partial charge in [0.1, 0.15) is 12.3 Å². The Labute approximate surface area is 171 Å². The van der Waals surface area contributed by atoms with Crippen LogP contribution in [-0.4, -0.2) is 23.5 Å². The van der Waals surface area contributed by atoms with Crippen LogP contribution < -0.4 is 16.2 Å². The zero-order valence-corrected chi connectivity index (χ0v) is 16.8. The Kier molecular flexibility index (Phi) is 5.85. The Balaban J connectivity index is 1.25. The van der Waals surface area contributed by atoms with Gasteiger partial charge >= 0.3 is 0 Å². The van der Waals surface area contributed by atoms with E-state index in [1.54, 1.807) is 6.26 Å². The highest BCUT2D eigenvalue weighted by Gasteiger charge is 2.29. The van der Waals surface area contributed by atoms with Crippen LogP contribution in [0.3, 0.4) is 0 Å². The van der Waals surface area contributed by atoms with Gasteiger partial charge in [0.15, 0.2) is 0 Å². The first kappa shape index (κ1) is 18.9. The van der Waals surface area contributed by atoms with Gasteiger partial charge in [0, 0.05) is 29.0 Å². The van der Waals surface area contributed by atoms with Crippen molar-refractivity contribution in [3.8, 4) is 11.5 Å². The van der Waals surface area contributed by atoms with Crippen LogP contribution >= 0.6 is 15.9 Å². The number of rotatable bonds is 6. The van der Waals surface area contributed by atoms with E-state index in [9.17, 15) is 4.79 Å². The summed E-state index contributed by atoms with van der Waals surface area (Å²) in [5.41, 5.74) is 9.21. The first-order chi connectivity index (χ1) is 13.7. The van der Waals surface area contributed by atoms with Crippen molar-refractivity contribution < 1.29 is 9.21 Å². The molecule has 2 heterocycles. The minimum atomic E-state index is -0.258. The number of benzene rings is 2. The summed E-state index contributed by atoms with van der Waals surface area (Å²) in [4.78, 5) is 16.9. The molecule has 2 aromatic carbocycles. The van der Waals surface area contributed by atoms with Gasteiger partial charge in [-0.3, -0.25) is 4.79 Å². The number of nitrogens with zero attached hydrogens (tertiary/aromatic N) is 1. The van der Waals surface area contributed by atoms with Gasteiger partial charge in [-0.2, -0.15) is 0 Å². The van der Waals surface area contributed by atoms with Gasteiger partial charge in [0.2, 0.25) is 11.8 Å². The lowest BCUT2D eigenvalue weighted by molar-refractivity contribution is -0.122. The zero-order valence-electron chi connectivity index (χ0n) is 15.2. The molecule has 4 rings (SSSR count). The lowest BCUT2D eigenvalue weighted by Crippen LogP contribution is -2.43. The number of hydrogen-bond donors (Lipinski definition) is 3. The number of carbonyl (C=O) groups excluding carboxylic acids is 1. The summed E-state index contributed by atoms with van der Waals surface area (Å²) in [5, 5.41) is 2.97. The second-order valence-corrected chi connectivity index (χ2v) is 7.65. The number of hydrogen-bond acceptors (Lipinski definition) is 5. The lowest BCUT2D eigenvalue weighted by atomic mass is 10.0. The summed E-state index contributed by atoms with van der Waals surface area (Å²) in [7, 11) is 0. The number of hydrazine groups is 1. The smallest absolute Gasteiger partial charge is 0.238 e. The molecule has 1 aliphatic heterocycles. The summed E-state index contributed by atoms with van der Waals surface area (Å²) in [5.74, 6) is 0.583.